The molecule has 1 aromatic rings. The Labute approximate surface area is 128 Å². The predicted octanol–water partition coefficient (Wildman–Crippen LogP) is 6.21. The Hall–Kier alpha value is -0.920. The van der Waals surface area contributed by atoms with Crippen LogP contribution in [0.2, 0.25) is 0 Å². The highest BCUT2D eigenvalue weighted by atomic mass is 19.2. The molecule has 118 valence electrons. The van der Waals surface area contributed by atoms with Gasteiger partial charge in [0.25, 0.3) is 0 Å². The molecule has 0 aliphatic heterocycles. The SMILES string of the molecule is CCCCCc1ccc(CCC2CCCCC2)c(F)c1F. The Morgan fingerprint density at radius 2 is 1.52 bits per heavy atom. The Morgan fingerprint density at radius 1 is 0.905 bits per heavy atom. The monoisotopic (exact) mass is 294 g/mol. The topological polar surface area (TPSA) is 0 Å². The van der Waals surface area contributed by atoms with Crippen molar-refractivity contribution in [1.29, 1.82) is 0 Å². The molecule has 0 atom stereocenters. The van der Waals surface area contributed by atoms with Crippen molar-refractivity contribution in [3.05, 3.63) is 34.9 Å². The van der Waals surface area contributed by atoms with E-state index in [1.54, 1.807) is 6.07 Å². The largest absolute Gasteiger partial charge is 0.203 e. The fraction of sp³-hybridized carbons (Fsp3) is 0.684. The third-order valence-electron chi connectivity index (χ3n) is 4.84. The molecule has 0 spiro atoms. The van der Waals surface area contributed by atoms with E-state index in [9.17, 15) is 8.78 Å². The van der Waals surface area contributed by atoms with Crippen LogP contribution in [-0.4, -0.2) is 0 Å². The van der Waals surface area contributed by atoms with Gasteiger partial charge >= 0.3 is 0 Å². The molecule has 0 saturated heterocycles. The van der Waals surface area contributed by atoms with Crippen LogP contribution in [0.4, 0.5) is 8.78 Å². The van der Waals surface area contributed by atoms with Crippen molar-refractivity contribution in [2.24, 2.45) is 5.92 Å². The van der Waals surface area contributed by atoms with E-state index < -0.39 is 11.6 Å². The molecule has 1 saturated carbocycles. The molecule has 0 N–H and O–H groups in total. The lowest BCUT2D eigenvalue weighted by Crippen LogP contribution is -2.08. The molecule has 0 radical (unpaired) electrons. The van der Waals surface area contributed by atoms with E-state index in [1.807, 2.05) is 6.07 Å². The number of benzene rings is 1. The van der Waals surface area contributed by atoms with Gasteiger partial charge in [0.1, 0.15) is 0 Å². The van der Waals surface area contributed by atoms with E-state index in [-0.39, 0.29) is 0 Å². The molecule has 0 heterocycles. The van der Waals surface area contributed by atoms with Gasteiger partial charge in [-0.05, 0) is 42.7 Å². The molecule has 0 aromatic heterocycles. The minimum atomic E-state index is -0.604. The Morgan fingerprint density at radius 3 is 2.14 bits per heavy atom. The van der Waals surface area contributed by atoms with E-state index in [1.165, 1.54) is 32.1 Å². The molecule has 0 unspecified atom stereocenters. The van der Waals surface area contributed by atoms with Gasteiger partial charge in [0.2, 0.25) is 0 Å². The van der Waals surface area contributed by atoms with Crippen molar-refractivity contribution in [1.82, 2.24) is 0 Å². The lowest BCUT2D eigenvalue weighted by atomic mass is 9.85. The zero-order valence-corrected chi connectivity index (χ0v) is 13.3. The third-order valence-corrected chi connectivity index (χ3v) is 4.84. The molecule has 1 aliphatic carbocycles. The molecule has 2 heteroatoms. The maximum Gasteiger partial charge on any atom is 0.162 e. The maximum atomic E-state index is 14.2. The second-order valence-electron chi connectivity index (χ2n) is 6.51. The van der Waals surface area contributed by atoms with E-state index in [2.05, 4.69) is 6.92 Å². The van der Waals surface area contributed by atoms with E-state index in [0.717, 1.165) is 25.7 Å². The van der Waals surface area contributed by atoms with Gasteiger partial charge in [-0.1, -0.05) is 64.0 Å². The molecule has 0 bridgehead atoms. The second-order valence-corrected chi connectivity index (χ2v) is 6.51. The molecule has 21 heavy (non-hydrogen) atoms. The summed E-state index contributed by atoms with van der Waals surface area (Å²) in [5.74, 6) is -0.488. The standard InChI is InChI=1S/C19H28F2/c1-2-3-5-10-16-13-14-17(19(21)18(16)20)12-11-15-8-6-4-7-9-15/h13-15H,2-12H2,1H3. The normalized spacial score (nSPS) is 16.3. The lowest BCUT2D eigenvalue weighted by molar-refractivity contribution is 0.337. The van der Waals surface area contributed by atoms with Gasteiger partial charge in [0.15, 0.2) is 11.6 Å². The van der Waals surface area contributed by atoms with Crippen molar-refractivity contribution in [2.45, 2.75) is 77.6 Å². The number of aryl methyl sites for hydroxylation is 2. The molecule has 2 rings (SSSR count). The van der Waals surface area contributed by atoms with Gasteiger partial charge in [0, 0.05) is 0 Å². The summed E-state index contributed by atoms with van der Waals surface area (Å²) >= 11 is 0. The average Bonchev–Trinajstić information content (AvgIpc) is 2.52. The van der Waals surface area contributed by atoms with Crippen LogP contribution >= 0.6 is 0 Å². The first kappa shape index (κ1) is 16.5. The fourth-order valence-electron chi connectivity index (χ4n) is 3.42. The number of unbranched alkanes of at least 4 members (excludes halogenated alkanes) is 2. The summed E-state index contributed by atoms with van der Waals surface area (Å²) in [4.78, 5) is 0. The highest BCUT2D eigenvalue weighted by Crippen LogP contribution is 2.28. The van der Waals surface area contributed by atoms with E-state index in [4.69, 9.17) is 0 Å². The van der Waals surface area contributed by atoms with Gasteiger partial charge in [-0.2, -0.15) is 0 Å². The van der Waals surface area contributed by atoms with Crippen LogP contribution in [0, 0.1) is 17.6 Å². The van der Waals surface area contributed by atoms with Crippen LogP contribution < -0.4 is 0 Å². The first-order valence-corrected chi connectivity index (χ1v) is 8.68. The molecule has 1 aliphatic rings. The van der Waals surface area contributed by atoms with Gasteiger partial charge in [-0.25, -0.2) is 8.78 Å². The predicted molar refractivity (Wildman–Crippen MR) is 84.5 cm³/mol. The van der Waals surface area contributed by atoms with Crippen LogP contribution in [0.3, 0.4) is 0 Å². The van der Waals surface area contributed by atoms with Crippen LogP contribution in [0.5, 0.6) is 0 Å². The van der Waals surface area contributed by atoms with Gasteiger partial charge in [-0.3, -0.25) is 0 Å². The minimum absolute atomic E-state index is 0.544. The highest BCUT2D eigenvalue weighted by Gasteiger charge is 2.17. The number of halogens is 2. The molecule has 1 fully saturated rings. The average molecular weight is 294 g/mol. The van der Waals surface area contributed by atoms with Crippen LogP contribution in [0.1, 0.15) is 75.8 Å². The van der Waals surface area contributed by atoms with Crippen molar-refractivity contribution in [3.63, 3.8) is 0 Å². The van der Waals surface area contributed by atoms with Crippen molar-refractivity contribution in [3.8, 4) is 0 Å². The fourth-order valence-corrected chi connectivity index (χ4v) is 3.42. The van der Waals surface area contributed by atoms with Crippen LogP contribution in [0.15, 0.2) is 12.1 Å². The molecule has 0 amide bonds. The first-order valence-electron chi connectivity index (χ1n) is 8.68. The summed E-state index contributed by atoms with van der Waals surface area (Å²) in [5, 5.41) is 0. The summed E-state index contributed by atoms with van der Waals surface area (Å²) in [6.07, 6.45) is 11.9. The van der Waals surface area contributed by atoms with Crippen molar-refractivity contribution < 1.29 is 8.78 Å². The summed E-state index contributed by atoms with van der Waals surface area (Å²) in [7, 11) is 0. The summed E-state index contributed by atoms with van der Waals surface area (Å²) in [6.45, 7) is 2.12. The summed E-state index contributed by atoms with van der Waals surface area (Å²) in [6, 6.07) is 3.60. The molecule has 0 nitrogen and oxygen atoms in total. The summed E-state index contributed by atoms with van der Waals surface area (Å²) < 4.78 is 28.2. The molecular weight excluding hydrogens is 266 g/mol. The zero-order chi connectivity index (χ0) is 15.1. The minimum Gasteiger partial charge on any atom is -0.203 e. The maximum absolute atomic E-state index is 14.2. The van der Waals surface area contributed by atoms with E-state index >= 15 is 0 Å². The Kier molecular flexibility index (Phi) is 6.66. The highest BCUT2D eigenvalue weighted by molar-refractivity contribution is 5.26. The second kappa shape index (κ2) is 8.51. The smallest absolute Gasteiger partial charge is 0.162 e. The molecule has 1 aromatic carbocycles. The number of hydrogen-bond acceptors (Lipinski definition) is 0. The number of hydrogen-bond donors (Lipinski definition) is 0. The van der Waals surface area contributed by atoms with Gasteiger partial charge in [-0.15, -0.1) is 0 Å². The first-order chi connectivity index (χ1) is 10.2. The summed E-state index contributed by atoms with van der Waals surface area (Å²) in [5.41, 5.74) is 1.11. The third kappa shape index (κ3) is 4.79. The van der Waals surface area contributed by atoms with Gasteiger partial charge < -0.3 is 0 Å². The van der Waals surface area contributed by atoms with Crippen molar-refractivity contribution >= 4 is 0 Å². The van der Waals surface area contributed by atoms with Gasteiger partial charge in [0.05, 0.1) is 0 Å². The van der Waals surface area contributed by atoms with Crippen molar-refractivity contribution in [2.75, 3.05) is 0 Å². The lowest BCUT2D eigenvalue weighted by Gasteiger charge is -2.21. The molecular formula is C19H28F2. The quantitative estimate of drug-likeness (QED) is 0.524. The zero-order valence-electron chi connectivity index (χ0n) is 13.3. The van der Waals surface area contributed by atoms with Crippen LogP contribution in [-0.2, 0) is 12.8 Å². The van der Waals surface area contributed by atoms with Crippen LogP contribution in [0.25, 0.3) is 0 Å². The Balaban J connectivity index is 1.92. The van der Waals surface area contributed by atoms with E-state index in [0.29, 0.717) is 29.9 Å². The number of rotatable bonds is 7. The Bertz CT molecular complexity index is 433.